The highest BCUT2D eigenvalue weighted by Crippen LogP contribution is 2.25. The molecule has 2 N–H and O–H groups in total. The molecule has 0 bridgehead atoms. The molecule has 0 amide bonds. The molecule has 0 aliphatic carbocycles. The highest BCUT2D eigenvalue weighted by atomic mass is 16.7. The van der Waals surface area contributed by atoms with E-state index in [-0.39, 0.29) is 13.2 Å². The van der Waals surface area contributed by atoms with Crippen LogP contribution in [0.15, 0.2) is 48.5 Å². The summed E-state index contributed by atoms with van der Waals surface area (Å²) in [6.45, 7) is 4.86. The van der Waals surface area contributed by atoms with Gasteiger partial charge in [0.15, 0.2) is 6.29 Å². The van der Waals surface area contributed by atoms with Gasteiger partial charge in [-0.25, -0.2) is 0 Å². The number of benzene rings is 2. The second-order valence-corrected chi connectivity index (χ2v) is 7.52. The van der Waals surface area contributed by atoms with Crippen LogP contribution in [0.25, 0.3) is 0 Å². The minimum Gasteiger partial charge on any atom is -0.387 e. The third-order valence-electron chi connectivity index (χ3n) is 5.11. The van der Waals surface area contributed by atoms with E-state index in [0.29, 0.717) is 6.61 Å². The summed E-state index contributed by atoms with van der Waals surface area (Å²) in [6, 6.07) is 15.9. The molecule has 0 saturated carbocycles. The molecule has 1 heterocycles. The van der Waals surface area contributed by atoms with Crippen LogP contribution < -0.4 is 0 Å². The van der Waals surface area contributed by atoms with Gasteiger partial charge in [-0.15, -0.1) is 0 Å². The van der Waals surface area contributed by atoms with Crippen LogP contribution in [0.3, 0.4) is 0 Å². The van der Waals surface area contributed by atoms with Crippen LogP contribution in [0.1, 0.15) is 22.3 Å². The van der Waals surface area contributed by atoms with E-state index < -0.39 is 30.7 Å². The highest BCUT2D eigenvalue weighted by molar-refractivity contribution is 5.21. The largest absolute Gasteiger partial charge is 0.387 e. The standard InChI is InChI=1S/C23H30O6/c1-15-4-8-17(9-5-15)12-27-14-19-20(24)21(25)22(23(26-3)29-19)28-13-18-10-6-16(2)7-11-18/h4-11,19-25H,12-14H2,1-3H3/t19-,20+,21+,22-,23-/m1/s1. The first-order chi connectivity index (χ1) is 14.0. The van der Waals surface area contributed by atoms with Crippen molar-refractivity contribution in [3.63, 3.8) is 0 Å². The molecule has 0 aromatic heterocycles. The van der Waals surface area contributed by atoms with Crippen LogP contribution in [0.5, 0.6) is 0 Å². The zero-order valence-corrected chi connectivity index (χ0v) is 17.2. The Morgan fingerprint density at radius 3 is 1.93 bits per heavy atom. The molecule has 1 fully saturated rings. The van der Waals surface area contributed by atoms with Gasteiger partial charge in [0, 0.05) is 7.11 Å². The maximum Gasteiger partial charge on any atom is 0.186 e. The molecule has 29 heavy (non-hydrogen) atoms. The van der Waals surface area contributed by atoms with Crippen LogP contribution in [0.2, 0.25) is 0 Å². The van der Waals surface area contributed by atoms with Crippen molar-refractivity contribution in [3.8, 4) is 0 Å². The van der Waals surface area contributed by atoms with E-state index >= 15 is 0 Å². The Kier molecular flexibility index (Phi) is 7.77. The fourth-order valence-corrected chi connectivity index (χ4v) is 3.26. The van der Waals surface area contributed by atoms with Gasteiger partial charge in [-0.2, -0.15) is 0 Å². The van der Waals surface area contributed by atoms with Crippen molar-refractivity contribution in [1.82, 2.24) is 0 Å². The smallest absolute Gasteiger partial charge is 0.186 e. The Labute approximate surface area is 172 Å². The summed E-state index contributed by atoms with van der Waals surface area (Å²) in [5, 5.41) is 21.1. The Morgan fingerprint density at radius 1 is 0.828 bits per heavy atom. The Hall–Kier alpha value is -1.80. The fraction of sp³-hybridized carbons (Fsp3) is 0.478. The molecular formula is C23H30O6. The number of hydrogen-bond donors (Lipinski definition) is 2. The van der Waals surface area contributed by atoms with Crippen molar-refractivity contribution in [2.45, 2.75) is 57.8 Å². The summed E-state index contributed by atoms with van der Waals surface area (Å²) >= 11 is 0. The second-order valence-electron chi connectivity index (χ2n) is 7.52. The van der Waals surface area contributed by atoms with Crippen LogP contribution in [-0.2, 0) is 32.2 Å². The predicted octanol–water partition coefficient (Wildman–Crippen LogP) is 2.50. The number of aliphatic hydroxyl groups excluding tert-OH is 2. The average Bonchev–Trinajstić information content (AvgIpc) is 2.73. The van der Waals surface area contributed by atoms with Gasteiger partial charge < -0.3 is 29.2 Å². The average molecular weight is 402 g/mol. The summed E-state index contributed by atoms with van der Waals surface area (Å²) in [4.78, 5) is 0. The summed E-state index contributed by atoms with van der Waals surface area (Å²) < 4.78 is 22.7. The molecule has 3 rings (SSSR count). The highest BCUT2D eigenvalue weighted by Gasteiger charge is 2.45. The third-order valence-corrected chi connectivity index (χ3v) is 5.11. The summed E-state index contributed by atoms with van der Waals surface area (Å²) in [6.07, 6.45) is -4.59. The molecule has 1 aliphatic rings. The van der Waals surface area contributed by atoms with Crippen molar-refractivity contribution in [2.24, 2.45) is 0 Å². The molecule has 2 aromatic carbocycles. The molecule has 0 spiro atoms. The first kappa shape index (κ1) is 21.9. The van der Waals surface area contributed by atoms with E-state index in [4.69, 9.17) is 18.9 Å². The minimum atomic E-state index is -1.15. The van der Waals surface area contributed by atoms with E-state index in [2.05, 4.69) is 0 Å². The topological polar surface area (TPSA) is 77.4 Å². The number of methoxy groups -OCH3 is 1. The van der Waals surface area contributed by atoms with Crippen LogP contribution in [-0.4, -0.2) is 54.6 Å². The van der Waals surface area contributed by atoms with Crippen molar-refractivity contribution in [3.05, 3.63) is 70.8 Å². The fourth-order valence-electron chi connectivity index (χ4n) is 3.26. The lowest BCUT2D eigenvalue weighted by Gasteiger charge is -2.41. The number of aliphatic hydroxyl groups is 2. The molecule has 1 saturated heterocycles. The lowest BCUT2D eigenvalue weighted by Crippen LogP contribution is -2.59. The van der Waals surface area contributed by atoms with Crippen LogP contribution in [0.4, 0.5) is 0 Å². The SMILES string of the molecule is CO[C@@H]1O[C@H](COCc2ccc(C)cc2)[C@H](O)[C@H](O)[C@H]1OCc1ccc(C)cc1. The number of rotatable bonds is 8. The van der Waals surface area contributed by atoms with E-state index in [1.165, 1.54) is 12.7 Å². The monoisotopic (exact) mass is 402 g/mol. The first-order valence-corrected chi connectivity index (χ1v) is 9.82. The maximum absolute atomic E-state index is 10.6. The quantitative estimate of drug-likeness (QED) is 0.707. The van der Waals surface area contributed by atoms with E-state index in [0.717, 1.165) is 16.7 Å². The minimum absolute atomic E-state index is 0.136. The summed E-state index contributed by atoms with van der Waals surface area (Å²) in [7, 11) is 1.49. The van der Waals surface area contributed by atoms with E-state index in [1.807, 2.05) is 62.4 Å². The molecular weight excluding hydrogens is 372 g/mol. The van der Waals surface area contributed by atoms with Gasteiger partial charge >= 0.3 is 0 Å². The van der Waals surface area contributed by atoms with Gasteiger partial charge in [0.2, 0.25) is 0 Å². The molecule has 1 aliphatic heterocycles. The van der Waals surface area contributed by atoms with Crippen LogP contribution >= 0.6 is 0 Å². The van der Waals surface area contributed by atoms with Gasteiger partial charge in [0.25, 0.3) is 0 Å². The predicted molar refractivity (Wildman–Crippen MR) is 108 cm³/mol. The molecule has 0 unspecified atom stereocenters. The number of ether oxygens (including phenoxy) is 4. The molecule has 2 aromatic rings. The van der Waals surface area contributed by atoms with Gasteiger partial charge in [0.05, 0.1) is 19.8 Å². The molecule has 0 radical (unpaired) electrons. The summed E-state index contributed by atoms with van der Waals surface area (Å²) in [5.74, 6) is 0. The number of aryl methyl sites for hydroxylation is 2. The molecule has 6 heteroatoms. The van der Waals surface area contributed by atoms with E-state index in [1.54, 1.807) is 0 Å². The van der Waals surface area contributed by atoms with Gasteiger partial charge in [-0.05, 0) is 25.0 Å². The molecule has 158 valence electrons. The summed E-state index contributed by atoms with van der Waals surface area (Å²) in [5.41, 5.74) is 4.34. The Bertz CT molecular complexity index is 741. The van der Waals surface area contributed by atoms with E-state index in [9.17, 15) is 10.2 Å². The first-order valence-electron chi connectivity index (χ1n) is 9.82. The van der Waals surface area contributed by atoms with Crippen molar-refractivity contribution < 1.29 is 29.2 Å². The van der Waals surface area contributed by atoms with Gasteiger partial charge in [0.1, 0.15) is 24.4 Å². The van der Waals surface area contributed by atoms with Crippen molar-refractivity contribution in [2.75, 3.05) is 13.7 Å². The van der Waals surface area contributed by atoms with Gasteiger partial charge in [-0.1, -0.05) is 59.7 Å². The molecule has 6 nitrogen and oxygen atoms in total. The van der Waals surface area contributed by atoms with Crippen LogP contribution in [0, 0.1) is 13.8 Å². The number of hydrogen-bond acceptors (Lipinski definition) is 6. The lowest BCUT2D eigenvalue weighted by molar-refractivity contribution is -0.307. The van der Waals surface area contributed by atoms with Crippen molar-refractivity contribution in [1.29, 1.82) is 0 Å². The Balaban J connectivity index is 1.53. The van der Waals surface area contributed by atoms with Gasteiger partial charge in [-0.3, -0.25) is 0 Å². The third kappa shape index (κ3) is 5.85. The van der Waals surface area contributed by atoms with Crippen molar-refractivity contribution >= 4 is 0 Å². The zero-order chi connectivity index (χ0) is 20.8. The maximum atomic E-state index is 10.6. The Morgan fingerprint density at radius 2 is 1.38 bits per heavy atom. The normalized spacial score (nSPS) is 27.1. The lowest BCUT2D eigenvalue weighted by atomic mass is 9.99. The zero-order valence-electron chi connectivity index (χ0n) is 17.2. The molecule has 5 atom stereocenters. The second kappa shape index (κ2) is 10.3.